The van der Waals surface area contributed by atoms with Crippen molar-refractivity contribution in [1.82, 2.24) is 14.5 Å². The van der Waals surface area contributed by atoms with Crippen molar-refractivity contribution in [2.45, 2.75) is 18.8 Å². The SMILES string of the molecule is CN(C)c1nc(=O)n(-c2ccccc2Cl)c2nc(C3CC3)sc12. The van der Waals surface area contributed by atoms with Gasteiger partial charge in [-0.25, -0.2) is 14.3 Å². The molecule has 0 saturated heterocycles. The first-order valence-corrected chi connectivity index (χ1v) is 8.61. The molecule has 2 heterocycles. The number of rotatable bonds is 3. The highest BCUT2D eigenvalue weighted by Crippen LogP contribution is 2.44. The smallest absolute Gasteiger partial charge is 0.355 e. The van der Waals surface area contributed by atoms with Gasteiger partial charge in [-0.15, -0.1) is 11.3 Å². The zero-order valence-electron chi connectivity index (χ0n) is 12.8. The lowest BCUT2D eigenvalue weighted by atomic mass is 10.3. The molecule has 1 saturated carbocycles. The molecule has 0 amide bonds. The Hall–Kier alpha value is -1.92. The van der Waals surface area contributed by atoms with Crippen LogP contribution in [0, 0.1) is 0 Å². The Labute approximate surface area is 142 Å². The van der Waals surface area contributed by atoms with Crippen molar-refractivity contribution in [3.05, 3.63) is 44.8 Å². The molecule has 0 spiro atoms. The number of aromatic nitrogens is 3. The standard InChI is InChI=1S/C16H15ClN4OS/c1-20(2)13-12-14(18-15(23-12)9-7-8-9)21(16(22)19-13)11-6-4-3-5-10(11)17/h3-6,9H,7-8H2,1-2H3. The van der Waals surface area contributed by atoms with Gasteiger partial charge in [0, 0.05) is 20.0 Å². The van der Waals surface area contributed by atoms with E-state index in [1.165, 1.54) is 17.4 Å². The van der Waals surface area contributed by atoms with Crippen LogP contribution in [0.15, 0.2) is 29.1 Å². The van der Waals surface area contributed by atoms with Crippen molar-refractivity contribution in [3.63, 3.8) is 0 Å². The lowest BCUT2D eigenvalue weighted by Crippen LogP contribution is -2.25. The van der Waals surface area contributed by atoms with E-state index in [0.29, 0.717) is 28.1 Å². The van der Waals surface area contributed by atoms with E-state index in [1.807, 2.05) is 37.2 Å². The zero-order chi connectivity index (χ0) is 16.1. The molecule has 1 aliphatic carbocycles. The van der Waals surface area contributed by atoms with Crippen LogP contribution in [-0.2, 0) is 0 Å². The zero-order valence-corrected chi connectivity index (χ0v) is 14.4. The second kappa shape index (κ2) is 5.32. The Balaban J connectivity index is 2.08. The molecule has 2 aromatic heterocycles. The summed E-state index contributed by atoms with van der Waals surface area (Å²) in [6.07, 6.45) is 2.34. The number of hydrogen-bond donors (Lipinski definition) is 0. The molecule has 1 aliphatic rings. The Morgan fingerprint density at radius 1 is 1.26 bits per heavy atom. The molecule has 7 heteroatoms. The quantitative estimate of drug-likeness (QED) is 0.729. The Bertz CT molecular complexity index is 958. The monoisotopic (exact) mass is 346 g/mol. The summed E-state index contributed by atoms with van der Waals surface area (Å²) in [6, 6.07) is 7.28. The van der Waals surface area contributed by atoms with E-state index in [9.17, 15) is 4.79 Å². The van der Waals surface area contributed by atoms with Gasteiger partial charge in [-0.3, -0.25) is 0 Å². The van der Waals surface area contributed by atoms with Gasteiger partial charge in [-0.2, -0.15) is 4.98 Å². The molecule has 0 unspecified atom stereocenters. The number of para-hydroxylation sites is 1. The summed E-state index contributed by atoms with van der Waals surface area (Å²) in [4.78, 5) is 23.5. The second-order valence-corrected chi connectivity index (χ2v) is 7.32. The minimum Gasteiger partial charge on any atom is -0.361 e. The van der Waals surface area contributed by atoms with E-state index in [1.54, 1.807) is 17.4 Å². The lowest BCUT2D eigenvalue weighted by Gasteiger charge is -2.14. The largest absolute Gasteiger partial charge is 0.361 e. The first-order valence-electron chi connectivity index (χ1n) is 7.42. The molecule has 1 fully saturated rings. The molecule has 23 heavy (non-hydrogen) atoms. The van der Waals surface area contributed by atoms with Gasteiger partial charge in [0.15, 0.2) is 11.5 Å². The van der Waals surface area contributed by atoms with E-state index < -0.39 is 0 Å². The van der Waals surface area contributed by atoms with Crippen LogP contribution in [0.1, 0.15) is 23.8 Å². The van der Waals surface area contributed by atoms with Gasteiger partial charge in [0.05, 0.1) is 15.7 Å². The number of benzene rings is 1. The van der Waals surface area contributed by atoms with Gasteiger partial charge in [-0.05, 0) is 25.0 Å². The maximum atomic E-state index is 12.6. The minimum atomic E-state index is -0.359. The lowest BCUT2D eigenvalue weighted by molar-refractivity contribution is 0.921. The van der Waals surface area contributed by atoms with Crippen LogP contribution >= 0.6 is 22.9 Å². The van der Waals surface area contributed by atoms with E-state index >= 15 is 0 Å². The number of nitrogens with zero attached hydrogens (tertiary/aromatic N) is 4. The highest BCUT2D eigenvalue weighted by molar-refractivity contribution is 7.19. The van der Waals surface area contributed by atoms with Gasteiger partial charge in [-0.1, -0.05) is 23.7 Å². The molecule has 5 nitrogen and oxygen atoms in total. The topological polar surface area (TPSA) is 51.0 Å². The van der Waals surface area contributed by atoms with Crippen molar-refractivity contribution in [2.24, 2.45) is 0 Å². The van der Waals surface area contributed by atoms with Crippen LogP contribution < -0.4 is 10.6 Å². The Kier molecular flexibility index (Phi) is 3.39. The molecule has 0 radical (unpaired) electrons. The second-order valence-electron chi connectivity index (χ2n) is 5.88. The van der Waals surface area contributed by atoms with Crippen molar-refractivity contribution >= 4 is 39.1 Å². The van der Waals surface area contributed by atoms with Crippen LogP contribution in [0.4, 0.5) is 5.82 Å². The predicted octanol–water partition coefficient (Wildman–Crippen LogP) is 3.44. The number of halogens is 1. The molecule has 1 aromatic carbocycles. The first-order chi connectivity index (χ1) is 11.1. The Morgan fingerprint density at radius 2 is 2.00 bits per heavy atom. The van der Waals surface area contributed by atoms with Crippen molar-refractivity contribution in [2.75, 3.05) is 19.0 Å². The Morgan fingerprint density at radius 3 is 2.65 bits per heavy atom. The average Bonchev–Trinajstić information content (AvgIpc) is 3.27. The number of thiazole rings is 1. The fraction of sp³-hybridized carbons (Fsp3) is 0.312. The maximum Gasteiger partial charge on any atom is 0.355 e. The molecular formula is C16H15ClN4OS. The van der Waals surface area contributed by atoms with Gasteiger partial charge >= 0.3 is 5.69 Å². The summed E-state index contributed by atoms with van der Waals surface area (Å²) in [5.41, 5.74) is 0.908. The molecule has 0 atom stereocenters. The predicted molar refractivity (Wildman–Crippen MR) is 94.3 cm³/mol. The third-order valence-electron chi connectivity index (χ3n) is 3.88. The first kappa shape index (κ1) is 14.7. The fourth-order valence-corrected chi connectivity index (χ4v) is 4.08. The van der Waals surface area contributed by atoms with Crippen LogP contribution in [0.5, 0.6) is 0 Å². The van der Waals surface area contributed by atoms with E-state index in [4.69, 9.17) is 16.6 Å². The van der Waals surface area contributed by atoms with Crippen LogP contribution in [-0.4, -0.2) is 28.6 Å². The summed E-state index contributed by atoms with van der Waals surface area (Å²) >= 11 is 7.92. The van der Waals surface area contributed by atoms with Crippen molar-refractivity contribution in [3.8, 4) is 5.69 Å². The summed E-state index contributed by atoms with van der Waals surface area (Å²) in [5.74, 6) is 1.19. The third-order valence-corrected chi connectivity index (χ3v) is 5.40. The number of hydrogen-bond acceptors (Lipinski definition) is 5. The van der Waals surface area contributed by atoms with Gasteiger partial charge < -0.3 is 4.90 Å². The van der Waals surface area contributed by atoms with E-state index in [2.05, 4.69) is 4.98 Å². The number of anilines is 1. The normalized spacial score (nSPS) is 14.4. The van der Waals surface area contributed by atoms with Crippen LogP contribution in [0.3, 0.4) is 0 Å². The summed E-state index contributed by atoms with van der Waals surface area (Å²) in [7, 11) is 3.77. The molecule has 0 N–H and O–H groups in total. The average molecular weight is 347 g/mol. The minimum absolute atomic E-state index is 0.359. The summed E-state index contributed by atoms with van der Waals surface area (Å²) in [6.45, 7) is 0. The number of fused-ring (bicyclic) bond motifs is 1. The van der Waals surface area contributed by atoms with Crippen LogP contribution in [0.2, 0.25) is 5.02 Å². The molecular weight excluding hydrogens is 332 g/mol. The third kappa shape index (κ3) is 2.42. The highest BCUT2D eigenvalue weighted by Gasteiger charge is 2.29. The van der Waals surface area contributed by atoms with Crippen molar-refractivity contribution in [1.29, 1.82) is 0 Å². The fourth-order valence-electron chi connectivity index (χ4n) is 2.57. The summed E-state index contributed by atoms with van der Waals surface area (Å²) < 4.78 is 2.45. The molecule has 0 aliphatic heterocycles. The highest BCUT2D eigenvalue weighted by atomic mass is 35.5. The van der Waals surface area contributed by atoms with Gasteiger partial charge in [0.25, 0.3) is 0 Å². The molecule has 3 aromatic rings. The maximum absolute atomic E-state index is 12.6. The van der Waals surface area contributed by atoms with Gasteiger partial charge in [0.2, 0.25) is 0 Å². The van der Waals surface area contributed by atoms with Gasteiger partial charge in [0.1, 0.15) is 4.70 Å². The van der Waals surface area contributed by atoms with E-state index in [0.717, 1.165) is 9.71 Å². The van der Waals surface area contributed by atoms with E-state index in [-0.39, 0.29) is 5.69 Å². The molecule has 118 valence electrons. The molecule has 0 bridgehead atoms. The summed E-state index contributed by atoms with van der Waals surface area (Å²) in [5, 5.41) is 1.59. The molecule has 4 rings (SSSR count). The van der Waals surface area contributed by atoms with Crippen LogP contribution in [0.25, 0.3) is 16.0 Å². The van der Waals surface area contributed by atoms with Crippen molar-refractivity contribution < 1.29 is 0 Å².